The smallest absolute Gasteiger partial charge is 0.224 e. The number of aryl methyl sites for hydroxylation is 2. The Balaban J connectivity index is 2.05. The third-order valence-electron chi connectivity index (χ3n) is 3.41. The van der Waals surface area contributed by atoms with Gasteiger partial charge in [0.25, 0.3) is 0 Å². The molecule has 0 bridgehead atoms. The molecule has 0 aliphatic rings. The van der Waals surface area contributed by atoms with Crippen molar-refractivity contribution in [3.63, 3.8) is 0 Å². The molecule has 0 aliphatic carbocycles. The third kappa shape index (κ3) is 4.25. The zero-order valence-corrected chi connectivity index (χ0v) is 13.9. The van der Waals surface area contributed by atoms with Gasteiger partial charge in [0.15, 0.2) is 5.16 Å². The lowest BCUT2D eigenvalue weighted by atomic mass is 10.1. The van der Waals surface area contributed by atoms with Crippen molar-refractivity contribution in [3.05, 3.63) is 46.8 Å². The molecule has 2 rings (SSSR count). The van der Waals surface area contributed by atoms with Crippen molar-refractivity contribution in [2.45, 2.75) is 31.8 Å². The van der Waals surface area contributed by atoms with Crippen LogP contribution in [-0.4, -0.2) is 22.1 Å². The summed E-state index contributed by atoms with van der Waals surface area (Å²) < 4.78 is 27.0. The van der Waals surface area contributed by atoms with Gasteiger partial charge in [-0.15, -0.1) is 0 Å². The number of carbonyl (C=O) groups is 1. The molecule has 1 N–H and O–H groups in total. The largest absolute Gasteiger partial charge is 0.321 e. The van der Waals surface area contributed by atoms with Gasteiger partial charge in [0.2, 0.25) is 5.91 Å². The number of anilines is 1. The molecule has 4 nitrogen and oxygen atoms in total. The second-order valence-corrected chi connectivity index (χ2v) is 5.78. The third-order valence-corrected chi connectivity index (χ3v) is 3.96. The normalized spacial score (nSPS) is 10.7. The van der Waals surface area contributed by atoms with E-state index in [9.17, 15) is 13.6 Å². The molecule has 0 aliphatic heterocycles. The van der Waals surface area contributed by atoms with Gasteiger partial charge in [-0.25, -0.2) is 18.7 Å². The van der Waals surface area contributed by atoms with Crippen LogP contribution in [0.1, 0.15) is 23.4 Å². The zero-order valence-electron chi connectivity index (χ0n) is 13.1. The fourth-order valence-electron chi connectivity index (χ4n) is 2.22. The molecule has 1 heterocycles. The van der Waals surface area contributed by atoms with E-state index in [2.05, 4.69) is 15.3 Å². The summed E-state index contributed by atoms with van der Waals surface area (Å²) in [5, 5.41) is 2.96. The second-order valence-electron chi connectivity index (χ2n) is 5.00. The number of rotatable bonds is 5. The minimum absolute atomic E-state index is 0.0947. The Morgan fingerprint density at radius 3 is 2.26 bits per heavy atom. The number of nitrogens with zero attached hydrogens (tertiary/aromatic N) is 2. The Bertz CT molecular complexity index is 694. The summed E-state index contributed by atoms with van der Waals surface area (Å²) in [4.78, 5) is 20.6. The van der Waals surface area contributed by atoms with E-state index in [1.54, 1.807) is 0 Å². The minimum atomic E-state index is -0.793. The predicted octanol–water partition coefficient (Wildman–Crippen LogP) is 3.66. The molecule has 1 aromatic carbocycles. The first-order valence-corrected chi connectivity index (χ1v) is 8.26. The molecule has 0 saturated carbocycles. The van der Waals surface area contributed by atoms with Gasteiger partial charge in [0, 0.05) is 17.8 Å². The molecular weight excluding hydrogens is 320 g/mol. The SMILES string of the molecule is CSc1nc(C)c(CCC(=O)Nc2c(F)cccc2F)c(C)n1. The number of halogens is 2. The van der Waals surface area contributed by atoms with Crippen molar-refractivity contribution >= 4 is 23.4 Å². The summed E-state index contributed by atoms with van der Waals surface area (Å²) >= 11 is 1.45. The van der Waals surface area contributed by atoms with Crippen LogP contribution in [0.15, 0.2) is 23.4 Å². The first-order valence-electron chi connectivity index (χ1n) is 7.04. The lowest BCUT2D eigenvalue weighted by molar-refractivity contribution is -0.116. The van der Waals surface area contributed by atoms with Crippen molar-refractivity contribution in [2.75, 3.05) is 11.6 Å². The first kappa shape index (κ1) is 17.3. The van der Waals surface area contributed by atoms with Gasteiger partial charge in [-0.2, -0.15) is 0 Å². The van der Waals surface area contributed by atoms with Gasteiger partial charge in [-0.05, 0) is 44.2 Å². The van der Waals surface area contributed by atoms with Crippen molar-refractivity contribution < 1.29 is 13.6 Å². The summed E-state index contributed by atoms with van der Waals surface area (Å²) in [6.07, 6.45) is 2.40. The van der Waals surface area contributed by atoms with Crippen LogP contribution in [0, 0.1) is 25.5 Å². The van der Waals surface area contributed by atoms with Crippen LogP contribution >= 0.6 is 11.8 Å². The minimum Gasteiger partial charge on any atom is -0.321 e. The van der Waals surface area contributed by atoms with Crippen LogP contribution in [0.2, 0.25) is 0 Å². The Morgan fingerprint density at radius 2 is 1.74 bits per heavy atom. The van der Waals surface area contributed by atoms with Crippen molar-refractivity contribution in [1.82, 2.24) is 9.97 Å². The number of thioether (sulfide) groups is 1. The molecule has 1 amide bonds. The molecule has 0 atom stereocenters. The number of hydrogen-bond donors (Lipinski definition) is 1. The molecule has 122 valence electrons. The summed E-state index contributed by atoms with van der Waals surface area (Å²) in [7, 11) is 0. The highest BCUT2D eigenvalue weighted by Gasteiger charge is 2.14. The van der Waals surface area contributed by atoms with Crippen LogP contribution in [0.3, 0.4) is 0 Å². The number of nitrogens with one attached hydrogen (secondary N) is 1. The standard InChI is InChI=1S/C16H17F2N3OS/c1-9-11(10(2)20-16(19-9)23-3)7-8-14(22)21-15-12(17)5-4-6-13(15)18/h4-6H,7-8H2,1-3H3,(H,21,22). The van der Waals surface area contributed by atoms with E-state index in [1.165, 1.54) is 17.8 Å². The van der Waals surface area contributed by atoms with Gasteiger partial charge in [-0.1, -0.05) is 17.8 Å². The highest BCUT2D eigenvalue weighted by atomic mass is 32.2. The highest BCUT2D eigenvalue weighted by molar-refractivity contribution is 7.98. The monoisotopic (exact) mass is 337 g/mol. The number of aromatic nitrogens is 2. The first-order chi connectivity index (χ1) is 10.9. The second kappa shape index (κ2) is 7.50. The lowest BCUT2D eigenvalue weighted by Gasteiger charge is -2.11. The number of carbonyl (C=O) groups excluding carboxylic acids is 1. The molecule has 1 aromatic heterocycles. The Morgan fingerprint density at radius 1 is 1.17 bits per heavy atom. The number of benzene rings is 1. The topological polar surface area (TPSA) is 54.9 Å². The molecular formula is C16H17F2N3OS. The quantitative estimate of drug-likeness (QED) is 0.668. The lowest BCUT2D eigenvalue weighted by Crippen LogP contribution is -2.15. The molecule has 0 spiro atoms. The highest BCUT2D eigenvalue weighted by Crippen LogP contribution is 2.20. The summed E-state index contributed by atoms with van der Waals surface area (Å²) in [5.74, 6) is -2.04. The maximum Gasteiger partial charge on any atom is 0.224 e. The molecule has 0 fully saturated rings. The predicted molar refractivity (Wildman–Crippen MR) is 86.6 cm³/mol. The van der Waals surface area contributed by atoms with Gasteiger partial charge >= 0.3 is 0 Å². The van der Waals surface area contributed by atoms with Crippen molar-refractivity contribution in [3.8, 4) is 0 Å². The van der Waals surface area contributed by atoms with Crippen LogP contribution < -0.4 is 5.32 Å². The average molecular weight is 337 g/mol. The average Bonchev–Trinajstić information content (AvgIpc) is 2.50. The number of amides is 1. The summed E-state index contributed by atoms with van der Waals surface area (Å²) in [6.45, 7) is 3.72. The molecule has 7 heteroatoms. The number of hydrogen-bond acceptors (Lipinski definition) is 4. The van der Waals surface area contributed by atoms with Gasteiger partial charge in [0.1, 0.15) is 17.3 Å². The summed E-state index contributed by atoms with van der Waals surface area (Å²) in [6, 6.07) is 3.45. The Kier molecular flexibility index (Phi) is 5.65. The maximum atomic E-state index is 13.5. The maximum absolute atomic E-state index is 13.5. The molecule has 23 heavy (non-hydrogen) atoms. The molecule has 0 radical (unpaired) electrons. The fraction of sp³-hybridized carbons (Fsp3) is 0.312. The summed E-state index contributed by atoms with van der Waals surface area (Å²) in [5.41, 5.74) is 2.09. The van der Waals surface area contributed by atoms with Gasteiger partial charge in [-0.3, -0.25) is 4.79 Å². The van der Waals surface area contributed by atoms with E-state index in [0.29, 0.717) is 11.6 Å². The van der Waals surface area contributed by atoms with Crippen molar-refractivity contribution in [2.24, 2.45) is 0 Å². The number of para-hydroxylation sites is 1. The van der Waals surface area contributed by atoms with E-state index in [0.717, 1.165) is 29.1 Å². The van der Waals surface area contributed by atoms with Gasteiger partial charge in [0.05, 0.1) is 0 Å². The van der Waals surface area contributed by atoms with Crippen LogP contribution in [-0.2, 0) is 11.2 Å². The van der Waals surface area contributed by atoms with E-state index in [-0.39, 0.29) is 6.42 Å². The Hall–Kier alpha value is -2.02. The van der Waals surface area contributed by atoms with Crippen LogP contribution in [0.4, 0.5) is 14.5 Å². The fourth-order valence-corrected chi connectivity index (χ4v) is 2.68. The van der Waals surface area contributed by atoms with E-state index < -0.39 is 23.2 Å². The van der Waals surface area contributed by atoms with Crippen LogP contribution in [0.25, 0.3) is 0 Å². The molecule has 0 unspecified atom stereocenters. The van der Waals surface area contributed by atoms with Crippen LogP contribution in [0.5, 0.6) is 0 Å². The molecule has 2 aromatic rings. The molecule has 0 saturated heterocycles. The Labute approximate surface area is 137 Å². The van der Waals surface area contributed by atoms with E-state index in [4.69, 9.17) is 0 Å². The van der Waals surface area contributed by atoms with E-state index in [1.807, 2.05) is 20.1 Å². The van der Waals surface area contributed by atoms with E-state index >= 15 is 0 Å². The zero-order chi connectivity index (χ0) is 17.0. The van der Waals surface area contributed by atoms with Gasteiger partial charge < -0.3 is 5.32 Å². The van der Waals surface area contributed by atoms with Crippen molar-refractivity contribution in [1.29, 1.82) is 0 Å².